The average Bonchev–Trinajstić information content (AvgIpc) is 3.13. The van der Waals surface area contributed by atoms with Crippen LogP contribution in [0.15, 0.2) is 24.3 Å². The van der Waals surface area contributed by atoms with Gasteiger partial charge < -0.3 is 10.1 Å². The van der Waals surface area contributed by atoms with Gasteiger partial charge in [-0.1, -0.05) is 12.1 Å². The number of halogens is 1. The van der Waals surface area contributed by atoms with Crippen LogP contribution in [0.5, 0.6) is 0 Å². The Kier molecular flexibility index (Phi) is 4.13. The fourth-order valence-corrected chi connectivity index (χ4v) is 2.41. The second-order valence-electron chi connectivity index (χ2n) is 4.77. The molecule has 0 aliphatic heterocycles. The lowest BCUT2D eigenvalue weighted by molar-refractivity contribution is 0.0534. The van der Waals surface area contributed by atoms with Gasteiger partial charge in [0, 0.05) is 13.2 Å². The largest absolute Gasteiger partial charge is 0.380 e. The Morgan fingerprint density at radius 1 is 1.47 bits per heavy atom. The monoisotopic (exact) mass is 237 g/mol. The van der Waals surface area contributed by atoms with Gasteiger partial charge in [-0.2, -0.15) is 0 Å². The van der Waals surface area contributed by atoms with Crippen molar-refractivity contribution >= 4 is 0 Å². The van der Waals surface area contributed by atoms with E-state index in [0.717, 1.165) is 12.0 Å². The zero-order chi connectivity index (χ0) is 12.3. The molecule has 17 heavy (non-hydrogen) atoms. The van der Waals surface area contributed by atoms with Gasteiger partial charge in [0.1, 0.15) is 5.82 Å². The first-order chi connectivity index (χ1) is 8.24. The number of ether oxygens (including phenoxy) is 1. The summed E-state index contributed by atoms with van der Waals surface area (Å²) in [7, 11) is 3.71. The van der Waals surface area contributed by atoms with Gasteiger partial charge in [0.05, 0.1) is 6.10 Å². The first-order valence-electron chi connectivity index (χ1n) is 6.19. The van der Waals surface area contributed by atoms with E-state index in [-0.39, 0.29) is 18.0 Å². The molecule has 1 N–H and O–H groups in total. The molecule has 0 aromatic heterocycles. The Bertz CT molecular complexity index is 365. The van der Waals surface area contributed by atoms with Crippen molar-refractivity contribution in [1.82, 2.24) is 5.32 Å². The normalized spacial score (nSPS) is 19.0. The molecule has 2 unspecified atom stereocenters. The summed E-state index contributed by atoms with van der Waals surface area (Å²) in [6, 6.07) is 7.06. The maximum Gasteiger partial charge on any atom is 0.123 e. The summed E-state index contributed by atoms with van der Waals surface area (Å²) in [6.45, 7) is 0. The quantitative estimate of drug-likeness (QED) is 0.820. The molecule has 0 radical (unpaired) electrons. The zero-order valence-corrected chi connectivity index (χ0v) is 10.4. The van der Waals surface area contributed by atoms with Crippen LogP contribution in [0.2, 0.25) is 0 Å². The van der Waals surface area contributed by atoms with Gasteiger partial charge in [0.2, 0.25) is 0 Å². The van der Waals surface area contributed by atoms with Crippen molar-refractivity contribution in [1.29, 1.82) is 0 Å². The van der Waals surface area contributed by atoms with Crippen LogP contribution in [-0.2, 0) is 11.2 Å². The molecule has 2 rings (SSSR count). The SMILES string of the molecule is CNC(Cc1cccc(F)c1)C(OC)C1CC1. The summed E-state index contributed by atoms with van der Waals surface area (Å²) in [6.07, 6.45) is 3.55. The van der Waals surface area contributed by atoms with E-state index in [1.807, 2.05) is 13.1 Å². The predicted molar refractivity (Wildman–Crippen MR) is 66.5 cm³/mol. The van der Waals surface area contributed by atoms with Gasteiger partial charge in [-0.25, -0.2) is 4.39 Å². The molecule has 0 saturated heterocycles. The fourth-order valence-electron chi connectivity index (χ4n) is 2.41. The second-order valence-corrected chi connectivity index (χ2v) is 4.77. The average molecular weight is 237 g/mol. The van der Waals surface area contributed by atoms with E-state index in [0.29, 0.717) is 5.92 Å². The molecule has 1 aromatic rings. The highest BCUT2D eigenvalue weighted by Gasteiger charge is 2.36. The Balaban J connectivity index is 2.03. The Morgan fingerprint density at radius 2 is 2.24 bits per heavy atom. The van der Waals surface area contributed by atoms with Crippen LogP contribution < -0.4 is 5.32 Å². The maximum atomic E-state index is 13.1. The lowest BCUT2D eigenvalue weighted by Crippen LogP contribution is -2.42. The summed E-state index contributed by atoms with van der Waals surface area (Å²) in [4.78, 5) is 0. The van der Waals surface area contributed by atoms with Crippen molar-refractivity contribution < 1.29 is 9.13 Å². The molecule has 2 nitrogen and oxygen atoms in total. The zero-order valence-electron chi connectivity index (χ0n) is 10.4. The van der Waals surface area contributed by atoms with E-state index in [1.165, 1.54) is 18.9 Å². The molecular weight excluding hydrogens is 217 g/mol. The van der Waals surface area contributed by atoms with E-state index < -0.39 is 0 Å². The molecule has 1 aromatic carbocycles. The summed E-state index contributed by atoms with van der Waals surface area (Å²) < 4.78 is 18.7. The van der Waals surface area contributed by atoms with Crippen molar-refractivity contribution in [2.45, 2.75) is 31.4 Å². The highest BCUT2D eigenvalue weighted by molar-refractivity contribution is 5.18. The minimum atomic E-state index is -0.169. The van der Waals surface area contributed by atoms with Crippen molar-refractivity contribution in [2.75, 3.05) is 14.2 Å². The molecule has 0 spiro atoms. The molecule has 0 bridgehead atoms. The van der Waals surface area contributed by atoms with Crippen LogP contribution >= 0.6 is 0 Å². The third kappa shape index (κ3) is 3.27. The third-order valence-corrected chi connectivity index (χ3v) is 3.47. The van der Waals surface area contributed by atoms with Crippen molar-refractivity contribution in [2.24, 2.45) is 5.92 Å². The van der Waals surface area contributed by atoms with Crippen LogP contribution in [0.4, 0.5) is 4.39 Å². The summed E-state index contributed by atoms with van der Waals surface area (Å²) in [5, 5.41) is 3.29. The van der Waals surface area contributed by atoms with Crippen LogP contribution in [-0.4, -0.2) is 26.3 Å². The van der Waals surface area contributed by atoms with Gasteiger partial charge in [0.15, 0.2) is 0 Å². The van der Waals surface area contributed by atoms with E-state index in [4.69, 9.17) is 4.74 Å². The van der Waals surface area contributed by atoms with Crippen molar-refractivity contribution in [3.63, 3.8) is 0 Å². The molecule has 1 aliphatic rings. The number of rotatable bonds is 6. The smallest absolute Gasteiger partial charge is 0.123 e. The minimum Gasteiger partial charge on any atom is -0.380 e. The molecule has 1 aliphatic carbocycles. The number of benzene rings is 1. The third-order valence-electron chi connectivity index (χ3n) is 3.47. The number of methoxy groups -OCH3 is 1. The minimum absolute atomic E-state index is 0.169. The summed E-state index contributed by atoms with van der Waals surface area (Å²) >= 11 is 0. The molecule has 94 valence electrons. The molecule has 2 atom stereocenters. The van der Waals surface area contributed by atoms with Crippen LogP contribution in [0.1, 0.15) is 18.4 Å². The predicted octanol–water partition coefficient (Wildman–Crippen LogP) is 2.38. The van der Waals surface area contributed by atoms with Gasteiger partial charge in [-0.05, 0) is 49.9 Å². The van der Waals surface area contributed by atoms with Crippen molar-refractivity contribution in [3.05, 3.63) is 35.6 Å². The molecule has 0 amide bonds. The lowest BCUT2D eigenvalue weighted by atomic mass is 9.98. The van der Waals surface area contributed by atoms with Gasteiger partial charge in [-0.3, -0.25) is 0 Å². The van der Waals surface area contributed by atoms with Crippen molar-refractivity contribution in [3.8, 4) is 0 Å². The maximum absolute atomic E-state index is 13.1. The second kappa shape index (κ2) is 5.61. The molecule has 0 heterocycles. The summed E-state index contributed by atoms with van der Waals surface area (Å²) in [5.41, 5.74) is 1.02. The summed E-state index contributed by atoms with van der Waals surface area (Å²) in [5.74, 6) is 0.503. The fraction of sp³-hybridized carbons (Fsp3) is 0.571. The molecular formula is C14H20FNO. The van der Waals surface area contributed by atoms with Crippen LogP contribution in [0, 0.1) is 11.7 Å². The van der Waals surface area contributed by atoms with Gasteiger partial charge in [-0.15, -0.1) is 0 Å². The first kappa shape index (κ1) is 12.5. The number of hydrogen-bond acceptors (Lipinski definition) is 2. The number of nitrogens with one attached hydrogen (secondary N) is 1. The highest BCUT2D eigenvalue weighted by atomic mass is 19.1. The van der Waals surface area contributed by atoms with Gasteiger partial charge >= 0.3 is 0 Å². The topological polar surface area (TPSA) is 21.3 Å². The van der Waals surface area contributed by atoms with E-state index in [1.54, 1.807) is 19.2 Å². The Hall–Kier alpha value is -0.930. The van der Waals surface area contributed by atoms with Crippen LogP contribution in [0.25, 0.3) is 0 Å². The highest BCUT2D eigenvalue weighted by Crippen LogP contribution is 2.36. The van der Waals surface area contributed by atoms with Gasteiger partial charge in [0.25, 0.3) is 0 Å². The Morgan fingerprint density at radius 3 is 2.76 bits per heavy atom. The standard InChI is InChI=1S/C14H20FNO/c1-16-13(14(17-2)11-6-7-11)9-10-4-3-5-12(15)8-10/h3-5,8,11,13-14,16H,6-7,9H2,1-2H3. The lowest BCUT2D eigenvalue weighted by Gasteiger charge is -2.25. The molecule has 1 fully saturated rings. The number of likely N-dealkylation sites (N-methyl/N-ethyl adjacent to an activating group) is 1. The molecule has 3 heteroatoms. The molecule has 1 saturated carbocycles. The van der Waals surface area contributed by atoms with E-state index in [2.05, 4.69) is 5.32 Å². The van der Waals surface area contributed by atoms with E-state index in [9.17, 15) is 4.39 Å². The van der Waals surface area contributed by atoms with E-state index >= 15 is 0 Å². The first-order valence-corrected chi connectivity index (χ1v) is 6.19. The van der Waals surface area contributed by atoms with Crippen LogP contribution in [0.3, 0.4) is 0 Å². The number of hydrogen-bond donors (Lipinski definition) is 1. The Labute approximate surface area is 102 Å².